The zero-order chi connectivity index (χ0) is 16.8. The fourth-order valence-electron chi connectivity index (χ4n) is 2.11. The largest absolute Gasteiger partial charge is 0.496 e. The van der Waals surface area contributed by atoms with Gasteiger partial charge in [-0.15, -0.1) is 0 Å². The maximum atomic E-state index is 11.8. The van der Waals surface area contributed by atoms with Crippen molar-refractivity contribution >= 4 is 23.5 Å². The Morgan fingerprint density at radius 1 is 1.09 bits per heavy atom. The topological polar surface area (TPSA) is 78.6 Å². The zero-order valence-corrected chi connectivity index (χ0v) is 12.9. The molecule has 5 nitrogen and oxygen atoms in total. The van der Waals surface area contributed by atoms with Crippen LogP contribution in [0.4, 0.5) is 0 Å². The summed E-state index contributed by atoms with van der Waals surface area (Å²) in [4.78, 5) is 22.8. The SMILES string of the molecule is COc1cc(OC(C)=O)ccc1/C=C(\C(N)=O)c1ccccc1. The van der Waals surface area contributed by atoms with Crippen LogP contribution in [0.1, 0.15) is 18.1 Å². The predicted octanol–water partition coefficient (Wildman–Crippen LogP) is 2.65. The first kappa shape index (κ1) is 16.3. The average Bonchev–Trinajstić information content (AvgIpc) is 2.53. The molecular weight excluding hydrogens is 294 g/mol. The molecule has 2 N–H and O–H groups in total. The van der Waals surface area contributed by atoms with Gasteiger partial charge in [0.05, 0.1) is 7.11 Å². The summed E-state index contributed by atoms with van der Waals surface area (Å²) < 4.78 is 10.3. The van der Waals surface area contributed by atoms with E-state index in [1.807, 2.05) is 18.2 Å². The summed E-state index contributed by atoms with van der Waals surface area (Å²) in [5.74, 6) is -0.120. The maximum absolute atomic E-state index is 11.8. The van der Waals surface area contributed by atoms with Crippen molar-refractivity contribution in [2.75, 3.05) is 7.11 Å². The minimum absolute atomic E-state index is 0.365. The van der Waals surface area contributed by atoms with Gasteiger partial charge in [0.2, 0.25) is 5.91 Å². The average molecular weight is 311 g/mol. The Morgan fingerprint density at radius 3 is 2.35 bits per heavy atom. The first-order valence-corrected chi connectivity index (χ1v) is 6.94. The third-order valence-electron chi connectivity index (χ3n) is 3.12. The van der Waals surface area contributed by atoms with Crippen molar-refractivity contribution in [2.24, 2.45) is 5.73 Å². The van der Waals surface area contributed by atoms with Crippen LogP contribution in [0.25, 0.3) is 11.6 Å². The Kier molecular flexibility index (Phi) is 5.15. The summed E-state index contributed by atoms with van der Waals surface area (Å²) in [5.41, 5.74) is 7.22. The molecule has 23 heavy (non-hydrogen) atoms. The number of esters is 1. The van der Waals surface area contributed by atoms with Crippen LogP contribution in [0, 0.1) is 0 Å². The number of nitrogens with two attached hydrogens (primary N) is 1. The Bertz CT molecular complexity index is 751. The molecule has 0 saturated heterocycles. The Morgan fingerprint density at radius 2 is 1.78 bits per heavy atom. The van der Waals surface area contributed by atoms with Gasteiger partial charge < -0.3 is 15.2 Å². The molecule has 0 heterocycles. The van der Waals surface area contributed by atoms with Gasteiger partial charge in [-0.3, -0.25) is 9.59 Å². The lowest BCUT2D eigenvalue weighted by atomic mass is 10.0. The molecular formula is C18H17NO4. The molecule has 0 saturated carbocycles. The molecule has 118 valence electrons. The number of hydrogen-bond acceptors (Lipinski definition) is 4. The molecule has 0 bridgehead atoms. The highest BCUT2D eigenvalue weighted by Crippen LogP contribution is 2.28. The fourth-order valence-corrected chi connectivity index (χ4v) is 2.11. The summed E-state index contributed by atoms with van der Waals surface area (Å²) in [6, 6.07) is 14.0. The molecule has 5 heteroatoms. The molecule has 1 amide bonds. The minimum atomic E-state index is -0.540. The summed E-state index contributed by atoms with van der Waals surface area (Å²) in [6.45, 7) is 1.32. The van der Waals surface area contributed by atoms with Gasteiger partial charge >= 0.3 is 5.97 Å². The number of amides is 1. The van der Waals surface area contributed by atoms with Gasteiger partial charge in [-0.2, -0.15) is 0 Å². The number of primary amides is 1. The predicted molar refractivity (Wildman–Crippen MR) is 87.8 cm³/mol. The standard InChI is InChI=1S/C18H17NO4/c1-12(20)23-15-9-8-14(17(11-15)22-2)10-16(18(19)21)13-6-4-3-5-7-13/h3-11H,1-2H3,(H2,19,21)/b16-10-. The molecule has 2 aromatic carbocycles. The second kappa shape index (κ2) is 7.26. The molecule has 0 fully saturated rings. The van der Waals surface area contributed by atoms with Gasteiger partial charge in [0.25, 0.3) is 0 Å². The Labute approximate surface area is 134 Å². The Hall–Kier alpha value is -3.08. The monoisotopic (exact) mass is 311 g/mol. The molecule has 0 spiro atoms. The molecule has 0 aromatic heterocycles. The number of carbonyl (C=O) groups is 2. The van der Waals surface area contributed by atoms with E-state index in [9.17, 15) is 9.59 Å². The number of hydrogen-bond donors (Lipinski definition) is 1. The highest BCUT2D eigenvalue weighted by atomic mass is 16.5. The highest BCUT2D eigenvalue weighted by Gasteiger charge is 2.11. The van der Waals surface area contributed by atoms with Crippen molar-refractivity contribution in [3.8, 4) is 11.5 Å². The third kappa shape index (κ3) is 4.20. The number of benzene rings is 2. The van der Waals surface area contributed by atoms with Crippen LogP contribution in [-0.4, -0.2) is 19.0 Å². The van der Waals surface area contributed by atoms with Crippen LogP contribution < -0.4 is 15.2 Å². The van der Waals surface area contributed by atoms with Gasteiger partial charge in [0.1, 0.15) is 11.5 Å². The van der Waals surface area contributed by atoms with Gasteiger partial charge in [0.15, 0.2) is 0 Å². The summed E-state index contributed by atoms with van der Waals surface area (Å²) in [5, 5.41) is 0. The van der Waals surface area contributed by atoms with Gasteiger partial charge in [0, 0.05) is 24.1 Å². The fraction of sp³-hybridized carbons (Fsp3) is 0.111. The van der Waals surface area contributed by atoms with E-state index in [-0.39, 0.29) is 0 Å². The van der Waals surface area contributed by atoms with Crippen LogP contribution >= 0.6 is 0 Å². The second-order valence-electron chi connectivity index (χ2n) is 4.79. The lowest BCUT2D eigenvalue weighted by Gasteiger charge is -2.10. The molecule has 0 unspecified atom stereocenters. The smallest absolute Gasteiger partial charge is 0.308 e. The maximum Gasteiger partial charge on any atom is 0.308 e. The quantitative estimate of drug-likeness (QED) is 0.398. The Balaban J connectivity index is 2.46. The van der Waals surface area contributed by atoms with E-state index in [0.717, 1.165) is 0 Å². The second-order valence-corrected chi connectivity index (χ2v) is 4.79. The molecule has 0 atom stereocenters. The molecule has 0 aliphatic rings. The minimum Gasteiger partial charge on any atom is -0.496 e. The number of carbonyl (C=O) groups excluding carboxylic acids is 2. The number of ether oxygens (including phenoxy) is 2. The molecule has 0 aliphatic heterocycles. The van der Waals surface area contributed by atoms with Crippen molar-refractivity contribution in [1.82, 2.24) is 0 Å². The van der Waals surface area contributed by atoms with Crippen LogP contribution in [0.5, 0.6) is 11.5 Å². The van der Waals surface area contributed by atoms with Crippen LogP contribution in [-0.2, 0) is 9.59 Å². The molecule has 2 aromatic rings. The van der Waals surface area contributed by atoms with Crippen molar-refractivity contribution in [3.63, 3.8) is 0 Å². The van der Waals surface area contributed by atoms with E-state index < -0.39 is 11.9 Å². The lowest BCUT2D eigenvalue weighted by Crippen LogP contribution is -2.12. The first-order valence-electron chi connectivity index (χ1n) is 6.94. The van der Waals surface area contributed by atoms with E-state index in [2.05, 4.69) is 0 Å². The van der Waals surface area contributed by atoms with Crippen molar-refractivity contribution in [1.29, 1.82) is 0 Å². The van der Waals surface area contributed by atoms with Crippen molar-refractivity contribution in [3.05, 3.63) is 59.7 Å². The normalized spacial score (nSPS) is 11.0. The highest BCUT2D eigenvalue weighted by molar-refractivity contribution is 6.23. The molecule has 0 aliphatic carbocycles. The van der Waals surface area contributed by atoms with E-state index >= 15 is 0 Å². The summed E-state index contributed by atoms with van der Waals surface area (Å²) >= 11 is 0. The van der Waals surface area contributed by atoms with E-state index in [0.29, 0.717) is 28.2 Å². The summed E-state index contributed by atoms with van der Waals surface area (Å²) in [7, 11) is 1.50. The van der Waals surface area contributed by atoms with E-state index in [1.54, 1.807) is 36.4 Å². The van der Waals surface area contributed by atoms with E-state index in [4.69, 9.17) is 15.2 Å². The lowest BCUT2D eigenvalue weighted by molar-refractivity contribution is -0.131. The summed E-state index contributed by atoms with van der Waals surface area (Å²) in [6.07, 6.45) is 1.65. The van der Waals surface area contributed by atoms with E-state index in [1.165, 1.54) is 14.0 Å². The third-order valence-corrected chi connectivity index (χ3v) is 3.12. The van der Waals surface area contributed by atoms with Crippen LogP contribution in [0.3, 0.4) is 0 Å². The van der Waals surface area contributed by atoms with Gasteiger partial charge in [-0.1, -0.05) is 30.3 Å². The van der Waals surface area contributed by atoms with Crippen molar-refractivity contribution < 1.29 is 19.1 Å². The van der Waals surface area contributed by atoms with Gasteiger partial charge in [-0.05, 0) is 23.8 Å². The molecule has 2 rings (SSSR count). The van der Waals surface area contributed by atoms with Crippen molar-refractivity contribution in [2.45, 2.75) is 6.92 Å². The molecule has 0 radical (unpaired) electrons. The first-order chi connectivity index (χ1) is 11.0. The number of methoxy groups -OCH3 is 1. The van der Waals surface area contributed by atoms with Gasteiger partial charge in [-0.25, -0.2) is 0 Å². The number of rotatable bonds is 5. The van der Waals surface area contributed by atoms with Crippen LogP contribution in [0.2, 0.25) is 0 Å². The van der Waals surface area contributed by atoms with Crippen LogP contribution in [0.15, 0.2) is 48.5 Å². The zero-order valence-electron chi connectivity index (χ0n) is 12.9.